The summed E-state index contributed by atoms with van der Waals surface area (Å²) in [5.74, 6) is -0.234. The molecule has 0 aliphatic heterocycles. The van der Waals surface area contributed by atoms with Crippen molar-refractivity contribution in [2.45, 2.75) is 5.75 Å². The van der Waals surface area contributed by atoms with Crippen LogP contribution in [0, 0.1) is 0 Å². The smallest absolute Gasteiger partial charge is 0.214 e. The van der Waals surface area contributed by atoms with E-state index in [-0.39, 0.29) is 5.75 Å². The van der Waals surface area contributed by atoms with Gasteiger partial charge >= 0.3 is 0 Å². The molecule has 0 aliphatic rings. The van der Waals surface area contributed by atoms with E-state index < -0.39 is 10.0 Å². The van der Waals surface area contributed by atoms with Gasteiger partial charge in [-0.3, -0.25) is 4.98 Å². The molecule has 0 atom stereocenters. The highest BCUT2D eigenvalue weighted by Crippen LogP contribution is 2.17. The second-order valence-corrected chi connectivity index (χ2v) is 5.33. The molecule has 17 heavy (non-hydrogen) atoms. The zero-order chi connectivity index (χ0) is 12.3. The monoisotopic (exact) mass is 248 g/mol. The Balaban J connectivity index is 2.25. The number of nitrogens with two attached hydrogens (primary N) is 1. The van der Waals surface area contributed by atoms with Crippen molar-refractivity contribution in [2.24, 2.45) is 5.14 Å². The molecule has 1 heterocycles. The van der Waals surface area contributed by atoms with Crippen LogP contribution < -0.4 is 5.14 Å². The zero-order valence-electron chi connectivity index (χ0n) is 9.08. The van der Waals surface area contributed by atoms with Gasteiger partial charge in [-0.2, -0.15) is 0 Å². The molecule has 88 valence electrons. The van der Waals surface area contributed by atoms with Crippen molar-refractivity contribution in [3.63, 3.8) is 0 Å². The Kier molecular flexibility index (Phi) is 3.21. The third-order valence-corrected chi connectivity index (χ3v) is 2.98. The summed E-state index contributed by atoms with van der Waals surface area (Å²) >= 11 is 0. The van der Waals surface area contributed by atoms with Gasteiger partial charge in [0, 0.05) is 11.8 Å². The molecule has 0 fully saturated rings. The molecule has 4 nitrogen and oxygen atoms in total. The van der Waals surface area contributed by atoms with Gasteiger partial charge in [-0.05, 0) is 11.6 Å². The highest BCUT2D eigenvalue weighted by atomic mass is 32.2. The van der Waals surface area contributed by atoms with Gasteiger partial charge in [0.25, 0.3) is 0 Å². The molecule has 0 radical (unpaired) electrons. The molecule has 0 saturated carbocycles. The molecule has 0 bridgehead atoms. The lowest BCUT2D eigenvalue weighted by molar-refractivity contribution is 0.596. The minimum Gasteiger partial charge on any atom is -0.260 e. The predicted octanol–water partition coefficient (Wildman–Crippen LogP) is 1.54. The number of sulfonamides is 1. The average Bonchev–Trinajstić information content (AvgIpc) is 2.29. The Morgan fingerprint density at radius 1 is 1.00 bits per heavy atom. The van der Waals surface area contributed by atoms with Gasteiger partial charge in [0.2, 0.25) is 10.0 Å². The number of rotatable bonds is 3. The molecule has 0 spiro atoms. The van der Waals surface area contributed by atoms with Crippen LogP contribution in [-0.4, -0.2) is 13.4 Å². The molecular formula is C12H12N2O2S. The molecule has 0 amide bonds. The van der Waals surface area contributed by atoms with E-state index in [9.17, 15) is 8.42 Å². The Morgan fingerprint density at radius 2 is 1.71 bits per heavy atom. The Morgan fingerprint density at radius 3 is 2.24 bits per heavy atom. The van der Waals surface area contributed by atoms with Gasteiger partial charge in [-0.25, -0.2) is 13.6 Å². The number of aromatic nitrogens is 1. The average molecular weight is 248 g/mol. The van der Waals surface area contributed by atoms with Gasteiger partial charge in [-0.15, -0.1) is 0 Å². The van der Waals surface area contributed by atoms with Crippen LogP contribution in [0.5, 0.6) is 0 Å². The number of benzene rings is 1. The van der Waals surface area contributed by atoms with Gasteiger partial charge in [0.05, 0.1) is 5.69 Å². The number of nitrogens with zero attached hydrogens (tertiary/aromatic N) is 1. The second-order valence-electron chi connectivity index (χ2n) is 3.71. The quantitative estimate of drug-likeness (QED) is 0.895. The molecule has 2 rings (SSSR count). The lowest BCUT2D eigenvalue weighted by Gasteiger charge is -2.02. The van der Waals surface area contributed by atoms with E-state index in [1.165, 1.54) is 0 Å². The minimum absolute atomic E-state index is 0.234. The van der Waals surface area contributed by atoms with Crippen molar-refractivity contribution in [1.82, 2.24) is 4.98 Å². The molecule has 5 heteroatoms. The molecule has 0 unspecified atom stereocenters. The summed E-state index contributed by atoms with van der Waals surface area (Å²) in [6.45, 7) is 0. The number of primary sulfonamides is 1. The fourth-order valence-corrected chi connectivity index (χ4v) is 2.10. The van der Waals surface area contributed by atoms with Crippen molar-refractivity contribution in [1.29, 1.82) is 0 Å². The fourth-order valence-electron chi connectivity index (χ4n) is 1.52. The largest absolute Gasteiger partial charge is 0.260 e. The lowest BCUT2D eigenvalue weighted by atomic mass is 10.1. The Hall–Kier alpha value is -1.72. The summed E-state index contributed by atoms with van der Waals surface area (Å²) in [5, 5.41) is 4.95. The zero-order valence-corrected chi connectivity index (χ0v) is 9.89. The Bertz CT molecular complexity index is 592. The molecule has 2 aromatic rings. The van der Waals surface area contributed by atoms with Gasteiger partial charge in [0.1, 0.15) is 5.75 Å². The highest BCUT2D eigenvalue weighted by Gasteiger charge is 2.06. The molecular weight excluding hydrogens is 236 g/mol. The van der Waals surface area contributed by atoms with Crippen LogP contribution in [0.3, 0.4) is 0 Å². The van der Waals surface area contributed by atoms with E-state index in [0.717, 1.165) is 11.1 Å². The van der Waals surface area contributed by atoms with Crippen molar-refractivity contribution >= 4 is 10.0 Å². The third-order valence-electron chi connectivity index (χ3n) is 2.28. The highest BCUT2D eigenvalue weighted by molar-refractivity contribution is 7.88. The van der Waals surface area contributed by atoms with Crippen molar-refractivity contribution in [2.75, 3.05) is 0 Å². The first-order valence-electron chi connectivity index (χ1n) is 5.05. The van der Waals surface area contributed by atoms with Crippen LogP contribution >= 0.6 is 0 Å². The second kappa shape index (κ2) is 4.65. The van der Waals surface area contributed by atoms with Crippen LogP contribution in [0.2, 0.25) is 0 Å². The lowest BCUT2D eigenvalue weighted by Crippen LogP contribution is -2.15. The number of hydrogen-bond donors (Lipinski definition) is 1. The van der Waals surface area contributed by atoms with Crippen LogP contribution in [0.15, 0.2) is 48.7 Å². The maximum absolute atomic E-state index is 10.9. The van der Waals surface area contributed by atoms with Crippen molar-refractivity contribution in [3.05, 3.63) is 54.4 Å². The summed E-state index contributed by atoms with van der Waals surface area (Å²) in [4.78, 5) is 4.08. The van der Waals surface area contributed by atoms with Crippen molar-refractivity contribution < 1.29 is 8.42 Å². The SMILES string of the molecule is NS(=O)(=O)Cc1ccc(-c2ccccc2)cn1. The first kappa shape index (κ1) is 11.8. The first-order chi connectivity index (χ1) is 8.04. The summed E-state index contributed by atoms with van der Waals surface area (Å²) in [6.07, 6.45) is 1.65. The normalized spacial score (nSPS) is 11.4. The molecule has 2 N–H and O–H groups in total. The summed E-state index contributed by atoms with van der Waals surface area (Å²) in [5.41, 5.74) is 2.44. The minimum atomic E-state index is -3.52. The topological polar surface area (TPSA) is 73.1 Å². The van der Waals surface area contributed by atoms with Crippen LogP contribution in [-0.2, 0) is 15.8 Å². The van der Waals surface area contributed by atoms with Gasteiger partial charge in [-0.1, -0.05) is 36.4 Å². The first-order valence-corrected chi connectivity index (χ1v) is 6.77. The van der Waals surface area contributed by atoms with E-state index in [1.54, 1.807) is 12.3 Å². The summed E-state index contributed by atoms with van der Waals surface area (Å²) < 4.78 is 21.8. The van der Waals surface area contributed by atoms with Crippen LogP contribution in [0.25, 0.3) is 11.1 Å². The molecule has 0 saturated heterocycles. The maximum Gasteiger partial charge on any atom is 0.214 e. The van der Waals surface area contributed by atoms with E-state index in [2.05, 4.69) is 4.98 Å². The third kappa shape index (κ3) is 3.37. The van der Waals surface area contributed by atoms with E-state index in [1.807, 2.05) is 36.4 Å². The van der Waals surface area contributed by atoms with E-state index in [4.69, 9.17) is 5.14 Å². The van der Waals surface area contributed by atoms with E-state index in [0.29, 0.717) is 5.69 Å². The fraction of sp³-hybridized carbons (Fsp3) is 0.0833. The van der Waals surface area contributed by atoms with Crippen molar-refractivity contribution in [3.8, 4) is 11.1 Å². The van der Waals surface area contributed by atoms with E-state index >= 15 is 0 Å². The van der Waals surface area contributed by atoms with Gasteiger partial charge in [0.15, 0.2) is 0 Å². The molecule has 1 aromatic carbocycles. The predicted molar refractivity (Wildman–Crippen MR) is 66.5 cm³/mol. The number of hydrogen-bond acceptors (Lipinski definition) is 3. The van der Waals surface area contributed by atoms with Crippen LogP contribution in [0.1, 0.15) is 5.69 Å². The summed E-state index contributed by atoms with van der Waals surface area (Å²) in [6, 6.07) is 13.3. The molecule has 0 aliphatic carbocycles. The van der Waals surface area contributed by atoms with Gasteiger partial charge < -0.3 is 0 Å². The Labute approximate surface area is 100 Å². The van der Waals surface area contributed by atoms with Crippen LogP contribution in [0.4, 0.5) is 0 Å². The summed E-state index contributed by atoms with van der Waals surface area (Å²) in [7, 11) is -3.52. The molecule has 1 aromatic heterocycles. The number of pyridine rings is 1. The standard InChI is InChI=1S/C12H12N2O2S/c13-17(15,16)9-12-7-6-11(8-14-12)10-4-2-1-3-5-10/h1-8H,9H2,(H2,13,15,16). The maximum atomic E-state index is 10.9.